The number of carbonyl (C=O) groups is 2. The molecule has 0 radical (unpaired) electrons. The van der Waals surface area contributed by atoms with Gasteiger partial charge in [0.05, 0.1) is 7.11 Å². The first-order valence-corrected chi connectivity index (χ1v) is 3.39. The highest BCUT2D eigenvalue weighted by atomic mass is 16.5. The van der Waals surface area contributed by atoms with Gasteiger partial charge in [-0.05, 0) is 13.8 Å². The van der Waals surface area contributed by atoms with Crippen molar-refractivity contribution in [2.75, 3.05) is 14.2 Å². The fourth-order valence-corrected chi connectivity index (χ4v) is 0.509. The molecule has 0 unspecified atom stereocenters. The number of aliphatic carboxylic acids is 1. The van der Waals surface area contributed by atoms with Crippen LogP contribution in [0.5, 0.6) is 0 Å². The van der Waals surface area contributed by atoms with Crippen molar-refractivity contribution in [3.8, 4) is 0 Å². The van der Waals surface area contributed by atoms with Gasteiger partial charge in [0.25, 0.3) is 0 Å². The van der Waals surface area contributed by atoms with Gasteiger partial charge in [0, 0.05) is 7.05 Å². The predicted octanol–water partition coefficient (Wildman–Crippen LogP) is 0.548. The zero-order chi connectivity index (χ0) is 9.94. The van der Waals surface area contributed by atoms with Gasteiger partial charge in [-0.3, -0.25) is 4.90 Å². The molecule has 0 atom stereocenters. The third-order valence-electron chi connectivity index (χ3n) is 1.81. The number of carboxylic acid groups (broad SMARTS) is 1. The summed E-state index contributed by atoms with van der Waals surface area (Å²) in [6, 6.07) is 0. The summed E-state index contributed by atoms with van der Waals surface area (Å²) in [7, 11) is 2.58. The second-order valence-corrected chi connectivity index (χ2v) is 2.89. The molecule has 0 aliphatic carbocycles. The van der Waals surface area contributed by atoms with Gasteiger partial charge in [-0.2, -0.15) is 0 Å². The number of amides is 1. The summed E-state index contributed by atoms with van der Waals surface area (Å²) in [5.74, 6) is -1.07. The molecule has 12 heavy (non-hydrogen) atoms. The summed E-state index contributed by atoms with van der Waals surface area (Å²) in [4.78, 5) is 22.6. The van der Waals surface area contributed by atoms with Gasteiger partial charge in [0.15, 0.2) is 0 Å². The topological polar surface area (TPSA) is 66.8 Å². The molecular formula is C7H13NO4. The summed E-state index contributed by atoms with van der Waals surface area (Å²) < 4.78 is 4.37. The summed E-state index contributed by atoms with van der Waals surface area (Å²) in [5, 5.41) is 8.71. The van der Waals surface area contributed by atoms with Crippen LogP contribution in [0.4, 0.5) is 4.79 Å². The van der Waals surface area contributed by atoms with Gasteiger partial charge in [-0.1, -0.05) is 0 Å². The molecule has 0 aromatic carbocycles. The quantitative estimate of drug-likeness (QED) is 0.665. The third kappa shape index (κ3) is 1.87. The van der Waals surface area contributed by atoms with E-state index >= 15 is 0 Å². The largest absolute Gasteiger partial charge is 0.480 e. The first-order valence-electron chi connectivity index (χ1n) is 3.39. The Kier molecular flexibility index (Phi) is 3.06. The van der Waals surface area contributed by atoms with Gasteiger partial charge in [-0.25, -0.2) is 9.59 Å². The molecule has 5 heteroatoms. The van der Waals surface area contributed by atoms with Crippen LogP contribution in [-0.2, 0) is 9.53 Å². The number of nitrogens with zero attached hydrogens (tertiary/aromatic N) is 1. The maximum atomic E-state index is 10.9. The molecule has 0 bridgehead atoms. The Bertz CT molecular complexity index is 200. The molecule has 0 aromatic rings. The molecule has 1 N–H and O–H groups in total. The van der Waals surface area contributed by atoms with Crippen LogP contribution in [0.25, 0.3) is 0 Å². The second-order valence-electron chi connectivity index (χ2n) is 2.89. The van der Waals surface area contributed by atoms with Gasteiger partial charge in [0.2, 0.25) is 0 Å². The molecule has 0 aromatic heterocycles. The van der Waals surface area contributed by atoms with Crippen molar-refractivity contribution in [2.24, 2.45) is 0 Å². The molecule has 0 heterocycles. The van der Waals surface area contributed by atoms with Crippen LogP contribution in [0.15, 0.2) is 0 Å². The molecule has 0 spiro atoms. The standard InChI is InChI=1S/C7H13NO4/c1-7(2,5(9)10)8(3)6(11)12-4/h1-4H3,(H,9,10). The molecule has 0 aliphatic rings. The highest BCUT2D eigenvalue weighted by Gasteiger charge is 2.35. The molecular weight excluding hydrogens is 162 g/mol. The third-order valence-corrected chi connectivity index (χ3v) is 1.81. The van der Waals surface area contributed by atoms with Crippen LogP contribution in [0.2, 0.25) is 0 Å². The van der Waals surface area contributed by atoms with Gasteiger partial charge in [0.1, 0.15) is 5.54 Å². The van der Waals surface area contributed by atoms with Crippen molar-refractivity contribution in [3.05, 3.63) is 0 Å². The Hall–Kier alpha value is -1.26. The van der Waals surface area contributed by atoms with Crippen molar-refractivity contribution >= 4 is 12.1 Å². The number of carbonyl (C=O) groups excluding carboxylic acids is 1. The average molecular weight is 175 g/mol. The number of methoxy groups -OCH3 is 1. The lowest BCUT2D eigenvalue weighted by Gasteiger charge is -2.29. The Labute approximate surface area is 70.9 Å². The normalized spacial score (nSPS) is 10.7. The highest BCUT2D eigenvalue weighted by Crippen LogP contribution is 2.12. The van der Waals surface area contributed by atoms with Gasteiger partial charge in [-0.15, -0.1) is 0 Å². The Morgan fingerprint density at radius 3 is 2.08 bits per heavy atom. The van der Waals surface area contributed by atoms with E-state index in [0.29, 0.717) is 0 Å². The zero-order valence-corrected chi connectivity index (χ0v) is 7.62. The fraction of sp³-hybridized carbons (Fsp3) is 0.714. The number of hydrogen-bond donors (Lipinski definition) is 1. The van der Waals surface area contributed by atoms with Crippen molar-refractivity contribution < 1.29 is 19.4 Å². The summed E-state index contributed by atoms with van der Waals surface area (Å²) in [6.07, 6.45) is -0.664. The van der Waals surface area contributed by atoms with E-state index in [4.69, 9.17) is 5.11 Å². The van der Waals surface area contributed by atoms with E-state index in [1.807, 2.05) is 0 Å². The van der Waals surface area contributed by atoms with Crippen LogP contribution in [0, 0.1) is 0 Å². The van der Waals surface area contributed by atoms with Crippen molar-refractivity contribution in [1.29, 1.82) is 0 Å². The van der Waals surface area contributed by atoms with Crippen LogP contribution < -0.4 is 0 Å². The number of rotatable bonds is 2. The smallest absolute Gasteiger partial charge is 0.410 e. The van der Waals surface area contributed by atoms with Crippen molar-refractivity contribution in [1.82, 2.24) is 4.90 Å². The van der Waals surface area contributed by atoms with Crippen LogP contribution in [0.1, 0.15) is 13.8 Å². The summed E-state index contributed by atoms with van der Waals surface area (Å²) in [6.45, 7) is 2.85. The molecule has 0 fully saturated rings. The number of ether oxygens (including phenoxy) is 1. The van der Waals surface area contributed by atoms with E-state index < -0.39 is 17.6 Å². The molecule has 1 amide bonds. The predicted molar refractivity (Wildman–Crippen MR) is 41.9 cm³/mol. The molecule has 70 valence electrons. The summed E-state index contributed by atoms with van der Waals surface area (Å²) in [5.41, 5.74) is -1.24. The molecule has 0 rings (SSSR count). The first kappa shape index (κ1) is 10.7. The Morgan fingerprint density at radius 2 is 1.83 bits per heavy atom. The second kappa shape index (κ2) is 3.42. The average Bonchev–Trinajstić information content (AvgIpc) is 2.01. The zero-order valence-electron chi connectivity index (χ0n) is 7.62. The lowest BCUT2D eigenvalue weighted by Crippen LogP contribution is -2.50. The van der Waals surface area contributed by atoms with E-state index in [-0.39, 0.29) is 0 Å². The molecule has 5 nitrogen and oxygen atoms in total. The van der Waals surface area contributed by atoms with Crippen LogP contribution in [0.3, 0.4) is 0 Å². The van der Waals surface area contributed by atoms with E-state index in [1.54, 1.807) is 0 Å². The minimum atomic E-state index is -1.24. The van der Waals surface area contributed by atoms with E-state index in [0.717, 1.165) is 4.90 Å². The van der Waals surface area contributed by atoms with E-state index in [2.05, 4.69) is 4.74 Å². The van der Waals surface area contributed by atoms with Crippen LogP contribution in [-0.4, -0.2) is 41.8 Å². The molecule has 0 aliphatic heterocycles. The van der Waals surface area contributed by atoms with Crippen molar-refractivity contribution in [3.63, 3.8) is 0 Å². The van der Waals surface area contributed by atoms with Crippen LogP contribution >= 0.6 is 0 Å². The molecule has 0 saturated carbocycles. The fourth-order valence-electron chi connectivity index (χ4n) is 0.509. The summed E-state index contributed by atoms with van der Waals surface area (Å²) >= 11 is 0. The lowest BCUT2D eigenvalue weighted by atomic mass is 10.1. The Morgan fingerprint density at radius 1 is 1.42 bits per heavy atom. The minimum Gasteiger partial charge on any atom is -0.480 e. The van der Waals surface area contributed by atoms with E-state index in [9.17, 15) is 9.59 Å². The number of likely N-dealkylation sites (N-methyl/N-ethyl adjacent to an activating group) is 1. The van der Waals surface area contributed by atoms with Crippen molar-refractivity contribution in [2.45, 2.75) is 19.4 Å². The number of hydrogen-bond acceptors (Lipinski definition) is 3. The monoisotopic (exact) mass is 175 g/mol. The van der Waals surface area contributed by atoms with Gasteiger partial charge >= 0.3 is 12.1 Å². The minimum absolute atomic E-state index is 0.664. The van der Waals surface area contributed by atoms with E-state index in [1.165, 1.54) is 28.0 Å². The maximum Gasteiger partial charge on any atom is 0.410 e. The SMILES string of the molecule is COC(=O)N(C)C(C)(C)C(=O)O. The first-order chi connectivity index (χ1) is 5.34. The lowest BCUT2D eigenvalue weighted by molar-refractivity contribution is -0.147. The van der Waals surface area contributed by atoms with Gasteiger partial charge < -0.3 is 9.84 Å². The maximum absolute atomic E-state index is 10.9. The molecule has 0 saturated heterocycles. The number of carboxylic acids is 1. The highest BCUT2D eigenvalue weighted by molar-refractivity contribution is 5.83. The Balaban J connectivity index is 4.56.